The molecule has 0 saturated heterocycles. The van der Waals surface area contributed by atoms with Gasteiger partial charge in [-0.3, -0.25) is 14.7 Å². The highest BCUT2D eigenvalue weighted by molar-refractivity contribution is 5.99. The second-order valence-electron chi connectivity index (χ2n) is 7.38. The van der Waals surface area contributed by atoms with E-state index in [9.17, 15) is 14.7 Å². The summed E-state index contributed by atoms with van der Waals surface area (Å²) in [5.41, 5.74) is 0.957. The van der Waals surface area contributed by atoms with E-state index in [1.165, 1.54) is 0 Å². The molecule has 0 aliphatic heterocycles. The van der Waals surface area contributed by atoms with Gasteiger partial charge in [0.25, 0.3) is 0 Å². The molecule has 7 heteroatoms. The third-order valence-corrected chi connectivity index (χ3v) is 4.84. The SMILES string of the molecule is CC(C)c1nc(-c2ccc(NC(=O)C3C(C(=O)O)C3(C)C)cc2)n[nH]1. The number of hydrogen-bond acceptors (Lipinski definition) is 4. The number of anilines is 1. The van der Waals surface area contributed by atoms with Gasteiger partial charge in [-0.2, -0.15) is 5.10 Å². The maximum absolute atomic E-state index is 12.3. The second kappa shape index (κ2) is 5.98. The number of carbonyl (C=O) groups excluding carboxylic acids is 1. The predicted molar refractivity (Wildman–Crippen MR) is 92.9 cm³/mol. The smallest absolute Gasteiger partial charge is 0.307 e. The Morgan fingerprint density at radius 1 is 1.20 bits per heavy atom. The summed E-state index contributed by atoms with van der Waals surface area (Å²) in [5.74, 6) is -0.625. The van der Waals surface area contributed by atoms with Crippen LogP contribution < -0.4 is 5.32 Å². The lowest BCUT2D eigenvalue weighted by Gasteiger charge is -2.06. The van der Waals surface area contributed by atoms with E-state index in [1.807, 2.05) is 26.0 Å². The number of aliphatic carboxylic acids is 1. The monoisotopic (exact) mass is 342 g/mol. The van der Waals surface area contributed by atoms with Crippen LogP contribution in [0.4, 0.5) is 5.69 Å². The Hall–Kier alpha value is -2.70. The quantitative estimate of drug-likeness (QED) is 0.774. The van der Waals surface area contributed by atoms with Gasteiger partial charge < -0.3 is 10.4 Å². The lowest BCUT2D eigenvalue weighted by Crippen LogP contribution is -2.17. The van der Waals surface area contributed by atoms with E-state index in [2.05, 4.69) is 20.5 Å². The van der Waals surface area contributed by atoms with E-state index in [1.54, 1.807) is 26.0 Å². The molecule has 0 spiro atoms. The fourth-order valence-corrected chi connectivity index (χ4v) is 3.17. The largest absolute Gasteiger partial charge is 0.481 e. The van der Waals surface area contributed by atoms with Crippen molar-refractivity contribution in [1.82, 2.24) is 15.2 Å². The molecule has 1 aliphatic rings. The molecule has 1 aromatic carbocycles. The Labute approximate surface area is 145 Å². The fraction of sp³-hybridized carbons (Fsp3) is 0.444. The normalized spacial score (nSPS) is 21.2. The minimum absolute atomic E-state index is 0.259. The average molecular weight is 342 g/mol. The first-order valence-corrected chi connectivity index (χ1v) is 8.28. The Balaban J connectivity index is 1.69. The van der Waals surface area contributed by atoms with Gasteiger partial charge in [-0.15, -0.1) is 0 Å². The number of aromatic amines is 1. The van der Waals surface area contributed by atoms with Crippen molar-refractivity contribution in [2.24, 2.45) is 17.3 Å². The summed E-state index contributed by atoms with van der Waals surface area (Å²) in [6, 6.07) is 7.19. The third-order valence-electron chi connectivity index (χ3n) is 4.84. The molecule has 1 aliphatic carbocycles. The van der Waals surface area contributed by atoms with Crippen LogP contribution in [0.1, 0.15) is 39.4 Å². The summed E-state index contributed by atoms with van der Waals surface area (Å²) >= 11 is 0. The molecule has 2 atom stereocenters. The molecule has 1 fully saturated rings. The number of amides is 1. The molecule has 0 bridgehead atoms. The van der Waals surface area contributed by atoms with Crippen LogP contribution in [0, 0.1) is 17.3 Å². The molecule has 1 aromatic heterocycles. The Kier molecular flexibility index (Phi) is 4.10. The first-order chi connectivity index (χ1) is 11.7. The minimum atomic E-state index is -0.925. The zero-order chi connectivity index (χ0) is 18.4. The van der Waals surface area contributed by atoms with E-state index >= 15 is 0 Å². The number of carbonyl (C=O) groups is 2. The van der Waals surface area contributed by atoms with Crippen molar-refractivity contribution in [3.8, 4) is 11.4 Å². The Morgan fingerprint density at radius 3 is 2.32 bits per heavy atom. The van der Waals surface area contributed by atoms with E-state index in [4.69, 9.17) is 0 Å². The molecule has 25 heavy (non-hydrogen) atoms. The number of rotatable bonds is 5. The van der Waals surface area contributed by atoms with Crippen molar-refractivity contribution in [3.63, 3.8) is 0 Å². The van der Waals surface area contributed by atoms with Crippen LogP contribution in [0.15, 0.2) is 24.3 Å². The van der Waals surface area contributed by atoms with Gasteiger partial charge in [0.2, 0.25) is 5.91 Å². The molecule has 1 amide bonds. The van der Waals surface area contributed by atoms with Gasteiger partial charge in [-0.05, 0) is 29.7 Å². The maximum Gasteiger partial charge on any atom is 0.307 e. The molecule has 0 radical (unpaired) electrons. The van der Waals surface area contributed by atoms with Gasteiger partial charge in [0.05, 0.1) is 11.8 Å². The van der Waals surface area contributed by atoms with E-state index in [-0.39, 0.29) is 11.8 Å². The number of carboxylic acid groups (broad SMARTS) is 1. The zero-order valence-electron chi connectivity index (χ0n) is 14.7. The Morgan fingerprint density at radius 2 is 1.84 bits per heavy atom. The number of benzene rings is 1. The van der Waals surface area contributed by atoms with Crippen LogP contribution in [0.2, 0.25) is 0 Å². The number of H-pyrrole nitrogens is 1. The molecular weight excluding hydrogens is 320 g/mol. The third kappa shape index (κ3) is 3.14. The number of nitrogens with one attached hydrogen (secondary N) is 2. The van der Waals surface area contributed by atoms with Gasteiger partial charge in [-0.1, -0.05) is 27.7 Å². The summed E-state index contributed by atoms with van der Waals surface area (Å²) in [7, 11) is 0. The van der Waals surface area contributed by atoms with Gasteiger partial charge in [0.1, 0.15) is 5.82 Å². The summed E-state index contributed by atoms with van der Waals surface area (Å²) < 4.78 is 0. The number of nitrogens with zero attached hydrogens (tertiary/aromatic N) is 2. The second-order valence-corrected chi connectivity index (χ2v) is 7.38. The number of aromatic nitrogens is 3. The van der Waals surface area contributed by atoms with Gasteiger partial charge >= 0.3 is 5.97 Å². The molecule has 1 saturated carbocycles. The van der Waals surface area contributed by atoms with Crippen molar-refractivity contribution in [1.29, 1.82) is 0 Å². The zero-order valence-corrected chi connectivity index (χ0v) is 14.7. The summed E-state index contributed by atoms with van der Waals surface area (Å²) in [6.45, 7) is 7.67. The first kappa shape index (κ1) is 17.1. The molecule has 3 rings (SSSR count). The highest BCUT2D eigenvalue weighted by Crippen LogP contribution is 2.58. The topological polar surface area (TPSA) is 108 Å². The van der Waals surface area contributed by atoms with Crippen LogP contribution in [0.3, 0.4) is 0 Å². The predicted octanol–water partition coefficient (Wildman–Crippen LogP) is 2.89. The molecule has 2 unspecified atom stereocenters. The molecule has 132 valence electrons. The van der Waals surface area contributed by atoms with Crippen LogP contribution >= 0.6 is 0 Å². The lowest BCUT2D eigenvalue weighted by atomic mass is 10.1. The summed E-state index contributed by atoms with van der Waals surface area (Å²) in [5, 5.41) is 19.1. The van der Waals surface area contributed by atoms with Crippen LogP contribution in [0.5, 0.6) is 0 Å². The van der Waals surface area contributed by atoms with E-state index in [0.717, 1.165) is 11.4 Å². The standard InChI is InChI=1S/C18H22N4O3/c1-9(2)14-20-15(22-21-14)10-5-7-11(8-6-10)19-16(23)12-13(17(24)25)18(12,3)4/h5-9,12-13H,1-4H3,(H,19,23)(H,24,25)(H,20,21,22). The maximum atomic E-state index is 12.3. The fourth-order valence-electron chi connectivity index (χ4n) is 3.17. The van der Waals surface area contributed by atoms with Crippen molar-refractivity contribution in [2.75, 3.05) is 5.32 Å². The van der Waals surface area contributed by atoms with E-state index in [0.29, 0.717) is 11.5 Å². The van der Waals surface area contributed by atoms with Gasteiger partial charge in [0, 0.05) is 17.2 Å². The van der Waals surface area contributed by atoms with Crippen molar-refractivity contribution in [3.05, 3.63) is 30.1 Å². The Bertz CT molecular complexity index is 808. The molecular formula is C18H22N4O3. The number of carboxylic acids is 1. The number of hydrogen-bond donors (Lipinski definition) is 3. The highest BCUT2D eigenvalue weighted by Gasteiger charge is 2.65. The molecule has 3 N–H and O–H groups in total. The summed E-state index contributed by atoms with van der Waals surface area (Å²) in [6.07, 6.45) is 0. The van der Waals surface area contributed by atoms with Gasteiger partial charge in [-0.25, -0.2) is 4.98 Å². The lowest BCUT2D eigenvalue weighted by molar-refractivity contribution is -0.140. The highest BCUT2D eigenvalue weighted by atomic mass is 16.4. The molecule has 1 heterocycles. The van der Waals surface area contributed by atoms with Crippen LogP contribution in [-0.2, 0) is 9.59 Å². The van der Waals surface area contributed by atoms with Crippen LogP contribution in [-0.4, -0.2) is 32.2 Å². The van der Waals surface area contributed by atoms with Crippen molar-refractivity contribution >= 4 is 17.6 Å². The average Bonchev–Trinajstić information content (AvgIpc) is 2.91. The van der Waals surface area contributed by atoms with Gasteiger partial charge in [0.15, 0.2) is 5.82 Å². The minimum Gasteiger partial charge on any atom is -0.481 e. The van der Waals surface area contributed by atoms with Crippen molar-refractivity contribution < 1.29 is 14.7 Å². The summed E-state index contributed by atoms with van der Waals surface area (Å²) in [4.78, 5) is 28.0. The van der Waals surface area contributed by atoms with Crippen LogP contribution in [0.25, 0.3) is 11.4 Å². The first-order valence-electron chi connectivity index (χ1n) is 8.28. The van der Waals surface area contributed by atoms with E-state index < -0.39 is 23.2 Å². The van der Waals surface area contributed by atoms with Crippen molar-refractivity contribution in [2.45, 2.75) is 33.6 Å². The molecule has 7 nitrogen and oxygen atoms in total. The molecule has 2 aromatic rings.